The number of nitrogens with zero attached hydrogens (tertiary/aromatic N) is 1. The zero-order valence-corrected chi connectivity index (χ0v) is 19.3. The Hall–Kier alpha value is -3.88. The topological polar surface area (TPSA) is 96.5 Å². The van der Waals surface area contributed by atoms with Crippen LogP contribution in [0.2, 0.25) is 0 Å². The molecule has 0 fully saturated rings. The summed E-state index contributed by atoms with van der Waals surface area (Å²) in [5.41, 5.74) is 7.49. The Balaban J connectivity index is 1.16. The summed E-state index contributed by atoms with van der Waals surface area (Å²) in [7, 11) is 0. The maximum atomic E-state index is 11.3. The molecule has 0 aliphatic heterocycles. The van der Waals surface area contributed by atoms with Crippen molar-refractivity contribution in [3.63, 3.8) is 0 Å². The molecule has 0 unspecified atom stereocenters. The average Bonchev–Trinajstić information content (AvgIpc) is 3.17. The minimum atomic E-state index is -0.264. The summed E-state index contributed by atoms with van der Waals surface area (Å²) < 4.78 is 5.69. The molecule has 3 N–H and O–H groups in total. The van der Waals surface area contributed by atoms with Crippen LogP contribution in [0.15, 0.2) is 84.3 Å². The van der Waals surface area contributed by atoms with Gasteiger partial charge >= 0.3 is 4.87 Å². The van der Waals surface area contributed by atoms with Crippen molar-refractivity contribution in [2.45, 2.75) is 12.8 Å². The Bertz CT molecular complexity index is 1270. The van der Waals surface area contributed by atoms with Crippen molar-refractivity contribution in [3.8, 4) is 11.6 Å². The molecule has 0 aliphatic carbocycles. The van der Waals surface area contributed by atoms with Crippen LogP contribution in [-0.4, -0.2) is 28.3 Å². The van der Waals surface area contributed by atoms with Gasteiger partial charge in [-0.3, -0.25) is 25.1 Å². The molecule has 0 amide bonds. The molecule has 34 heavy (non-hydrogen) atoms. The number of hydrogen-bond donors (Lipinski definition) is 3. The molecule has 0 spiro atoms. The fourth-order valence-corrected chi connectivity index (χ4v) is 4.03. The quantitative estimate of drug-likeness (QED) is 0.221. The van der Waals surface area contributed by atoms with E-state index in [1.54, 1.807) is 6.20 Å². The Kier molecular flexibility index (Phi) is 7.75. The Morgan fingerprint density at radius 1 is 1.00 bits per heavy atom. The smallest absolute Gasteiger partial charge is 0.307 e. The van der Waals surface area contributed by atoms with E-state index in [-0.39, 0.29) is 10.8 Å². The molecule has 2 heterocycles. The molecule has 0 bridgehead atoms. The number of thiazole rings is 1. The Morgan fingerprint density at radius 2 is 1.76 bits per heavy atom. The van der Waals surface area contributed by atoms with Gasteiger partial charge in [0.25, 0.3) is 0 Å². The summed E-state index contributed by atoms with van der Waals surface area (Å²) in [6, 6.07) is 21.6. The van der Waals surface area contributed by atoms with Crippen molar-refractivity contribution >= 4 is 17.0 Å². The third-order valence-corrected chi connectivity index (χ3v) is 5.91. The first kappa shape index (κ1) is 23.3. The molecule has 174 valence electrons. The lowest BCUT2D eigenvalue weighted by Gasteiger charge is -2.11. The molecular formula is C26H25N3O4S. The highest BCUT2D eigenvalue weighted by Crippen LogP contribution is 2.21. The normalized spacial score (nSPS) is 10.7. The van der Waals surface area contributed by atoms with Crippen LogP contribution in [0.1, 0.15) is 27.3 Å². The van der Waals surface area contributed by atoms with Gasteiger partial charge < -0.3 is 9.84 Å². The molecule has 0 aliphatic rings. The molecule has 4 rings (SSSR count). The minimum absolute atomic E-state index is 0.0690. The number of aromatic nitrogens is 2. The zero-order chi connectivity index (χ0) is 23.8. The van der Waals surface area contributed by atoms with Crippen LogP contribution in [0.25, 0.3) is 5.70 Å². The average molecular weight is 476 g/mol. The van der Waals surface area contributed by atoms with Crippen molar-refractivity contribution < 1.29 is 14.7 Å². The Morgan fingerprint density at radius 3 is 2.44 bits per heavy atom. The van der Waals surface area contributed by atoms with Gasteiger partial charge in [-0.25, -0.2) is 0 Å². The van der Waals surface area contributed by atoms with Crippen molar-refractivity contribution in [3.05, 3.63) is 116 Å². The summed E-state index contributed by atoms with van der Waals surface area (Å²) in [6.45, 7) is 4.67. The number of H-pyrrole nitrogens is 1. The monoisotopic (exact) mass is 475 g/mol. The van der Waals surface area contributed by atoms with Gasteiger partial charge in [0.1, 0.15) is 19.0 Å². The van der Waals surface area contributed by atoms with Crippen LogP contribution in [0.4, 0.5) is 0 Å². The summed E-state index contributed by atoms with van der Waals surface area (Å²) in [5.74, 6) is 0.635. The lowest BCUT2D eigenvalue weighted by molar-refractivity contribution is 0.0541. The SMILES string of the molecule is C=C(NOCCOc1ccc(Cc2sc(=O)[nH]c2O)cc1)c1ccc(Cc2ccccc2)nc1. The number of rotatable bonds is 11. The maximum absolute atomic E-state index is 11.3. The first-order valence-corrected chi connectivity index (χ1v) is 11.6. The number of aromatic hydroxyl groups is 1. The van der Waals surface area contributed by atoms with Crippen LogP contribution < -0.4 is 15.1 Å². The van der Waals surface area contributed by atoms with Crippen LogP contribution >= 0.6 is 11.3 Å². The van der Waals surface area contributed by atoms with E-state index < -0.39 is 0 Å². The number of ether oxygens (including phenoxy) is 1. The van der Waals surface area contributed by atoms with E-state index in [0.717, 1.165) is 34.6 Å². The summed E-state index contributed by atoms with van der Waals surface area (Å²) >= 11 is 1.01. The molecule has 0 radical (unpaired) electrons. The van der Waals surface area contributed by atoms with Gasteiger partial charge in [0.05, 0.1) is 10.6 Å². The van der Waals surface area contributed by atoms with Crippen LogP contribution in [-0.2, 0) is 17.7 Å². The number of aromatic amines is 1. The van der Waals surface area contributed by atoms with E-state index in [0.29, 0.717) is 36.0 Å². The van der Waals surface area contributed by atoms with Crippen molar-refractivity contribution in [1.82, 2.24) is 15.4 Å². The third-order valence-electron chi connectivity index (χ3n) is 5.04. The Labute approximate surface area is 201 Å². The second-order valence-electron chi connectivity index (χ2n) is 7.59. The molecule has 0 saturated heterocycles. The molecule has 4 aromatic rings. The highest BCUT2D eigenvalue weighted by atomic mass is 32.1. The molecule has 0 saturated carbocycles. The highest BCUT2D eigenvalue weighted by Gasteiger charge is 2.08. The molecule has 2 aromatic carbocycles. The lowest BCUT2D eigenvalue weighted by atomic mass is 10.1. The van der Waals surface area contributed by atoms with E-state index in [1.807, 2.05) is 54.6 Å². The van der Waals surface area contributed by atoms with Crippen molar-refractivity contribution in [1.29, 1.82) is 0 Å². The van der Waals surface area contributed by atoms with Gasteiger partial charge in [-0.15, -0.1) is 0 Å². The number of pyridine rings is 1. The second-order valence-corrected chi connectivity index (χ2v) is 8.65. The van der Waals surface area contributed by atoms with Gasteiger partial charge in [-0.1, -0.05) is 60.4 Å². The zero-order valence-electron chi connectivity index (χ0n) is 18.5. The molecular weight excluding hydrogens is 450 g/mol. The molecule has 2 aromatic heterocycles. The van der Waals surface area contributed by atoms with E-state index in [2.05, 4.69) is 34.2 Å². The maximum Gasteiger partial charge on any atom is 0.307 e. The number of benzene rings is 2. The van der Waals surface area contributed by atoms with Crippen molar-refractivity contribution in [2.24, 2.45) is 0 Å². The van der Waals surface area contributed by atoms with Crippen LogP contribution in [0.5, 0.6) is 11.6 Å². The van der Waals surface area contributed by atoms with Gasteiger partial charge in [0.2, 0.25) is 5.88 Å². The van der Waals surface area contributed by atoms with Crippen LogP contribution in [0.3, 0.4) is 0 Å². The largest absolute Gasteiger partial charge is 0.494 e. The lowest BCUT2D eigenvalue weighted by Crippen LogP contribution is -2.17. The number of nitrogens with one attached hydrogen (secondary N) is 2. The number of hydrogen-bond acceptors (Lipinski definition) is 7. The number of hydroxylamine groups is 1. The van der Waals surface area contributed by atoms with Crippen LogP contribution in [0, 0.1) is 0 Å². The summed E-state index contributed by atoms with van der Waals surface area (Å²) in [5, 5.41) is 9.69. The first-order chi connectivity index (χ1) is 16.6. The van der Waals surface area contributed by atoms with Gasteiger partial charge in [-0.2, -0.15) is 0 Å². The fourth-order valence-electron chi connectivity index (χ4n) is 3.27. The van der Waals surface area contributed by atoms with E-state index in [1.165, 1.54) is 5.56 Å². The standard InChI is InChI=1S/C26H25N3O4S/c1-18(21-9-10-22(27-17-21)15-19-5-3-2-4-6-19)29-33-14-13-32-23-11-7-20(8-12-23)16-24-25(30)28-26(31)34-24/h2-12,17,29-30H,1,13-16H2,(H,28,31). The molecule has 8 heteroatoms. The van der Waals surface area contributed by atoms with E-state index in [9.17, 15) is 9.90 Å². The van der Waals surface area contributed by atoms with Gasteiger partial charge in [0, 0.05) is 30.3 Å². The third kappa shape index (κ3) is 6.57. The summed E-state index contributed by atoms with van der Waals surface area (Å²) in [6.07, 6.45) is 3.04. The first-order valence-electron chi connectivity index (χ1n) is 10.8. The van der Waals surface area contributed by atoms with Crippen molar-refractivity contribution in [2.75, 3.05) is 13.2 Å². The molecule has 0 atom stereocenters. The van der Waals surface area contributed by atoms with Gasteiger partial charge in [-0.05, 0) is 35.4 Å². The predicted molar refractivity (Wildman–Crippen MR) is 133 cm³/mol. The molecule has 7 nitrogen and oxygen atoms in total. The fraction of sp³-hybridized carbons (Fsp3) is 0.154. The van der Waals surface area contributed by atoms with E-state index in [4.69, 9.17) is 9.57 Å². The second kappa shape index (κ2) is 11.3. The predicted octanol–water partition coefficient (Wildman–Crippen LogP) is 4.29. The van der Waals surface area contributed by atoms with Gasteiger partial charge in [0.15, 0.2) is 0 Å². The summed E-state index contributed by atoms with van der Waals surface area (Å²) in [4.78, 5) is 24.0. The van der Waals surface area contributed by atoms with E-state index >= 15 is 0 Å². The minimum Gasteiger partial charge on any atom is -0.494 e. The highest BCUT2D eigenvalue weighted by molar-refractivity contribution is 7.09.